The van der Waals surface area contributed by atoms with Crippen LogP contribution < -0.4 is 15.2 Å². The lowest BCUT2D eigenvalue weighted by molar-refractivity contribution is 0.282. The number of aromatic amines is 1. The molecule has 0 saturated heterocycles. The summed E-state index contributed by atoms with van der Waals surface area (Å²) in [5, 5.41) is 2.39. The van der Waals surface area contributed by atoms with E-state index in [-0.39, 0.29) is 6.04 Å². The predicted molar refractivity (Wildman–Crippen MR) is 105 cm³/mol. The lowest BCUT2D eigenvalue weighted by atomic mass is 10.1. The first-order chi connectivity index (χ1) is 12.7. The second-order valence-corrected chi connectivity index (χ2v) is 7.23. The van der Waals surface area contributed by atoms with Crippen molar-refractivity contribution in [1.29, 1.82) is 0 Å². The van der Waals surface area contributed by atoms with Crippen molar-refractivity contribution < 1.29 is 9.47 Å². The molecule has 138 valence electrons. The zero-order valence-electron chi connectivity index (χ0n) is 15.5. The molecule has 1 atom stereocenters. The summed E-state index contributed by atoms with van der Waals surface area (Å²) >= 11 is 0. The number of rotatable bonds is 8. The standard InChI is InChI=1S/C21H27N3O2/c1-3-14(22)5-4-10-26-19-12-17-15(11-18(19)25-2)20-16(24-17)8-9-23-21(20)13-6-7-13/h8-9,11-14,24H,3-7,10,22H2,1-2H3. The number of ether oxygens (including phenoxy) is 2. The van der Waals surface area contributed by atoms with E-state index in [0.29, 0.717) is 12.5 Å². The van der Waals surface area contributed by atoms with Crippen molar-refractivity contribution in [3.63, 3.8) is 0 Å². The Morgan fingerprint density at radius 2 is 2.12 bits per heavy atom. The van der Waals surface area contributed by atoms with Crippen LogP contribution in [-0.2, 0) is 0 Å². The number of hydrogen-bond acceptors (Lipinski definition) is 4. The van der Waals surface area contributed by atoms with Crippen molar-refractivity contribution in [2.45, 2.75) is 51.0 Å². The molecule has 0 amide bonds. The molecule has 5 heteroatoms. The van der Waals surface area contributed by atoms with Crippen LogP contribution in [0.2, 0.25) is 0 Å². The molecular formula is C21H27N3O2. The van der Waals surface area contributed by atoms with Gasteiger partial charge in [-0.05, 0) is 44.2 Å². The minimum atomic E-state index is 0.255. The van der Waals surface area contributed by atoms with E-state index in [0.717, 1.165) is 47.2 Å². The van der Waals surface area contributed by atoms with E-state index in [1.807, 2.05) is 18.3 Å². The number of fused-ring (bicyclic) bond motifs is 3. The van der Waals surface area contributed by atoms with Crippen LogP contribution in [0.1, 0.15) is 50.6 Å². The third kappa shape index (κ3) is 3.23. The molecule has 0 radical (unpaired) electrons. The lowest BCUT2D eigenvalue weighted by Gasteiger charge is -2.12. The van der Waals surface area contributed by atoms with Gasteiger partial charge in [0.1, 0.15) is 0 Å². The number of aromatic nitrogens is 2. The summed E-state index contributed by atoms with van der Waals surface area (Å²) in [6.07, 6.45) is 7.29. The highest BCUT2D eigenvalue weighted by molar-refractivity contribution is 6.09. The van der Waals surface area contributed by atoms with Gasteiger partial charge < -0.3 is 20.2 Å². The fourth-order valence-electron chi connectivity index (χ4n) is 3.55. The van der Waals surface area contributed by atoms with Gasteiger partial charge in [-0.15, -0.1) is 0 Å². The van der Waals surface area contributed by atoms with E-state index < -0.39 is 0 Å². The molecule has 1 aliphatic rings. The number of H-pyrrole nitrogens is 1. The molecule has 0 aliphatic heterocycles. The average molecular weight is 353 g/mol. The van der Waals surface area contributed by atoms with Crippen LogP contribution in [0.5, 0.6) is 11.5 Å². The second kappa shape index (κ2) is 7.16. The first-order valence-electron chi connectivity index (χ1n) is 9.58. The van der Waals surface area contributed by atoms with Gasteiger partial charge >= 0.3 is 0 Å². The van der Waals surface area contributed by atoms with Crippen molar-refractivity contribution in [3.05, 3.63) is 30.1 Å². The Bertz CT molecular complexity index is 914. The fraction of sp³-hybridized carbons (Fsp3) is 0.476. The Hall–Kier alpha value is -2.27. The van der Waals surface area contributed by atoms with Crippen LogP contribution in [0, 0.1) is 0 Å². The molecule has 2 heterocycles. The molecule has 2 aromatic heterocycles. The van der Waals surface area contributed by atoms with Gasteiger partial charge in [-0.25, -0.2) is 0 Å². The van der Waals surface area contributed by atoms with Gasteiger partial charge in [0.2, 0.25) is 0 Å². The predicted octanol–water partition coefficient (Wildman–Crippen LogP) is 4.50. The smallest absolute Gasteiger partial charge is 0.163 e. The summed E-state index contributed by atoms with van der Waals surface area (Å²) < 4.78 is 11.6. The van der Waals surface area contributed by atoms with Gasteiger partial charge in [0.15, 0.2) is 11.5 Å². The maximum absolute atomic E-state index is 6.00. The van der Waals surface area contributed by atoms with Crippen LogP contribution in [0.3, 0.4) is 0 Å². The molecule has 0 bridgehead atoms. The summed E-state index contributed by atoms with van der Waals surface area (Å²) in [6.45, 7) is 2.76. The summed E-state index contributed by atoms with van der Waals surface area (Å²) in [7, 11) is 1.69. The molecule has 3 N–H and O–H groups in total. The van der Waals surface area contributed by atoms with Crippen molar-refractivity contribution >= 4 is 21.8 Å². The van der Waals surface area contributed by atoms with Gasteiger partial charge in [0.05, 0.1) is 24.9 Å². The molecule has 0 spiro atoms. The van der Waals surface area contributed by atoms with Gasteiger partial charge in [0.25, 0.3) is 0 Å². The van der Waals surface area contributed by atoms with E-state index >= 15 is 0 Å². The number of methoxy groups -OCH3 is 1. The van der Waals surface area contributed by atoms with E-state index in [2.05, 4.69) is 23.0 Å². The van der Waals surface area contributed by atoms with Gasteiger partial charge in [0, 0.05) is 40.5 Å². The number of nitrogens with one attached hydrogen (secondary N) is 1. The first kappa shape index (κ1) is 17.2. The third-order valence-corrected chi connectivity index (χ3v) is 5.29. The maximum atomic E-state index is 6.00. The molecule has 1 aromatic carbocycles. The van der Waals surface area contributed by atoms with Gasteiger partial charge in [-0.3, -0.25) is 4.98 Å². The van der Waals surface area contributed by atoms with Crippen molar-refractivity contribution in [2.75, 3.05) is 13.7 Å². The molecular weight excluding hydrogens is 326 g/mol. The summed E-state index contributed by atoms with van der Waals surface area (Å²) in [4.78, 5) is 8.17. The van der Waals surface area contributed by atoms with Crippen LogP contribution in [-0.4, -0.2) is 29.7 Å². The normalized spacial score (nSPS) is 15.5. The number of benzene rings is 1. The number of pyridine rings is 1. The Labute approximate surface area is 153 Å². The Morgan fingerprint density at radius 3 is 2.85 bits per heavy atom. The molecule has 4 rings (SSSR count). The average Bonchev–Trinajstić information content (AvgIpc) is 3.44. The number of nitrogens with two attached hydrogens (primary N) is 1. The molecule has 1 aliphatic carbocycles. The monoisotopic (exact) mass is 353 g/mol. The topological polar surface area (TPSA) is 73.2 Å². The van der Waals surface area contributed by atoms with E-state index in [1.165, 1.54) is 23.9 Å². The highest BCUT2D eigenvalue weighted by Crippen LogP contribution is 2.45. The van der Waals surface area contributed by atoms with Crippen LogP contribution >= 0.6 is 0 Å². The Morgan fingerprint density at radius 1 is 1.27 bits per heavy atom. The van der Waals surface area contributed by atoms with Gasteiger partial charge in [-0.1, -0.05) is 6.92 Å². The van der Waals surface area contributed by atoms with E-state index in [9.17, 15) is 0 Å². The van der Waals surface area contributed by atoms with Crippen LogP contribution in [0.25, 0.3) is 21.8 Å². The summed E-state index contributed by atoms with van der Waals surface area (Å²) in [6, 6.07) is 6.42. The minimum absolute atomic E-state index is 0.255. The molecule has 1 fully saturated rings. The highest BCUT2D eigenvalue weighted by atomic mass is 16.5. The first-order valence-corrected chi connectivity index (χ1v) is 9.58. The van der Waals surface area contributed by atoms with E-state index in [1.54, 1.807) is 7.11 Å². The van der Waals surface area contributed by atoms with Crippen LogP contribution in [0.15, 0.2) is 24.4 Å². The van der Waals surface area contributed by atoms with Crippen molar-refractivity contribution in [2.24, 2.45) is 5.73 Å². The number of hydrogen-bond donors (Lipinski definition) is 2. The number of nitrogens with zero attached hydrogens (tertiary/aromatic N) is 1. The zero-order chi connectivity index (χ0) is 18.1. The largest absolute Gasteiger partial charge is 0.493 e. The zero-order valence-corrected chi connectivity index (χ0v) is 15.5. The molecule has 3 aromatic rings. The lowest BCUT2D eigenvalue weighted by Crippen LogP contribution is -2.19. The highest BCUT2D eigenvalue weighted by Gasteiger charge is 2.28. The quantitative estimate of drug-likeness (QED) is 0.585. The van der Waals surface area contributed by atoms with Crippen molar-refractivity contribution in [1.82, 2.24) is 9.97 Å². The van der Waals surface area contributed by atoms with Crippen LogP contribution in [0.4, 0.5) is 0 Å². The van der Waals surface area contributed by atoms with Gasteiger partial charge in [-0.2, -0.15) is 0 Å². The van der Waals surface area contributed by atoms with Crippen molar-refractivity contribution in [3.8, 4) is 11.5 Å². The van der Waals surface area contributed by atoms with E-state index in [4.69, 9.17) is 15.2 Å². The summed E-state index contributed by atoms with van der Waals surface area (Å²) in [5.41, 5.74) is 9.38. The Balaban J connectivity index is 1.65. The third-order valence-electron chi connectivity index (χ3n) is 5.29. The molecule has 26 heavy (non-hydrogen) atoms. The summed E-state index contributed by atoms with van der Waals surface area (Å²) in [5.74, 6) is 2.14. The Kier molecular flexibility index (Phi) is 4.72. The minimum Gasteiger partial charge on any atom is -0.493 e. The molecule has 1 unspecified atom stereocenters. The molecule has 1 saturated carbocycles. The molecule has 5 nitrogen and oxygen atoms in total. The second-order valence-electron chi connectivity index (χ2n) is 7.23. The fourth-order valence-corrected chi connectivity index (χ4v) is 3.55. The maximum Gasteiger partial charge on any atom is 0.163 e. The SMILES string of the molecule is CCC(N)CCCOc1cc2[nH]c3ccnc(C4CC4)c3c2cc1OC.